The Kier molecular flexibility index (Phi) is 4.72. The molecule has 0 atom stereocenters. The second kappa shape index (κ2) is 6.32. The third kappa shape index (κ3) is 3.77. The normalized spacial score (nSPS) is 10.8. The minimum absolute atomic E-state index is 0.0513. The number of aromatic nitrogens is 1. The van der Waals surface area contributed by atoms with Crippen molar-refractivity contribution in [2.75, 3.05) is 18.5 Å². The second-order valence-electron chi connectivity index (χ2n) is 4.48. The summed E-state index contributed by atoms with van der Waals surface area (Å²) in [5, 5.41) is 0.539. The molecule has 2 heterocycles. The van der Waals surface area contributed by atoms with Crippen molar-refractivity contribution in [1.29, 1.82) is 0 Å². The Bertz CT molecular complexity index is 607. The van der Waals surface area contributed by atoms with Gasteiger partial charge in [-0.15, -0.1) is 11.8 Å². The van der Waals surface area contributed by atoms with Crippen molar-refractivity contribution in [2.45, 2.75) is 24.6 Å². The van der Waals surface area contributed by atoms with Crippen LogP contribution in [0.25, 0.3) is 0 Å². The molecule has 0 aliphatic rings. The fraction of sp³-hybridized carbons (Fsp3) is 0.385. The number of hydrogen-bond donors (Lipinski definition) is 1. The predicted octanol–water partition coefficient (Wildman–Crippen LogP) is 2.69. The van der Waals surface area contributed by atoms with Gasteiger partial charge in [-0.25, -0.2) is 4.98 Å². The average molecular weight is 311 g/mol. The van der Waals surface area contributed by atoms with Crippen LogP contribution in [-0.4, -0.2) is 28.6 Å². The van der Waals surface area contributed by atoms with Gasteiger partial charge in [-0.1, -0.05) is 11.3 Å². The molecule has 108 valence electrons. The van der Waals surface area contributed by atoms with E-state index in [2.05, 4.69) is 4.98 Å². The van der Waals surface area contributed by atoms with Gasteiger partial charge in [0.2, 0.25) is 5.91 Å². The van der Waals surface area contributed by atoms with Crippen molar-refractivity contribution >= 4 is 34.1 Å². The molecule has 2 N–H and O–H groups in total. The molecule has 5 nitrogen and oxygen atoms in total. The number of nitrogen functional groups attached to an aromatic ring is 1. The van der Waals surface area contributed by atoms with Gasteiger partial charge < -0.3 is 15.1 Å². The van der Waals surface area contributed by atoms with Gasteiger partial charge >= 0.3 is 0 Å². The third-order valence-corrected chi connectivity index (χ3v) is 5.05. The summed E-state index contributed by atoms with van der Waals surface area (Å²) < 4.78 is 6.46. The van der Waals surface area contributed by atoms with Crippen molar-refractivity contribution in [1.82, 2.24) is 9.88 Å². The number of carbonyl (C=O) groups is 1. The number of nitrogens with two attached hydrogens (primary N) is 1. The number of anilines is 1. The average Bonchev–Trinajstić information content (AvgIpc) is 2.92. The fourth-order valence-electron chi connectivity index (χ4n) is 1.67. The summed E-state index contributed by atoms with van der Waals surface area (Å²) in [6, 6.07) is 3.78. The summed E-state index contributed by atoms with van der Waals surface area (Å²) in [6.45, 7) is 4.27. The fourth-order valence-corrected chi connectivity index (χ4v) is 3.63. The van der Waals surface area contributed by atoms with Gasteiger partial charge in [-0.2, -0.15) is 0 Å². The van der Waals surface area contributed by atoms with Gasteiger partial charge in [-0.3, -0.25) is 4.79 Å². The first-order chi connectivity index (χ1) is 9.45. The zero-order valence-corrected chi connectivity index (χ0v) is 13.3. The van der Waals surface area contributed by atoms with Crippen molar-refractivity contribution in [3.63, 3.8) is 0 Å². The number of nitrogens with zero attached hydrogens (tertiary/aromatic N) is 2. The molecule has 0 unspecified atom stereocenters. The molecule has 0 radical (unpaired) electrons. The molecular weight excluding hydrogens is 294 g/mol. The van der Waals surface area contributed by atoms with E-state index in [0.29, 0.717) is 17.4 Å². The van der Waals surface area contributed by atoms with Gasteiger partial charge in [0.1, 0.15) is 11.5 Å². The maximum Gasteiger partial charge on any atom is 0.233 e. The van der Waals surface area contributed by atoms with Crippen LogP contribution in [0.15, 0.2) is 20.8 Å². The highest BCUT2D eigenvalue weighted by Crippen LogP contribution is 2.30. The lowest BCUT2D eigenvalue weighted by Crippen LogP contribution is -2.27. The number of carbonyl (C=O) groups excluding carboxylic acids is 1. The Balaban J connectivity index is 1.86. The number of aryl methyl sites for hydroxylation is 2. The largest absolute Gasteiger partial charge is 0.464 e. The molecule has 0 saturated heterocycles. The molecule has 2 aromatic heterocycles. The van der Waals surface area contributed by atoms with E-state index in [-0.39, 0.29) is 5.91 Å². The summed E-state index contributed by atoms with van der Waals surface area (Å²) in [4.78, 5) is 17.9. The van der Waals surface area contributed by atoms with Crippen LogP contribution >= 0.6 is 23.1 Å². The van der Waals surface area contributed by atoms with Crippen LogP contribution in [0.4, 0.5) is 5.13 Å². The number of furan rings is 1. The molecular formula is C13H17N3O2S2. The maximum atomic E-state index is 12.1. The Labute approximate surface area is 126 Å². The number of hydrogen-bond acceptors (Lipinski definition) is 6. The van der Waals surface area contributed by atoms with Gasteiger partial charge in [0.05, 0.1) is 22.2 Å². The number of rotatable bonds is 5. The summed E-state index contributed by atoms with van der Waals surface area (Å²) in [5.74, 6) is 2.07. The van der Waals surface area contributed by atoms with Crippen LogP contribution in [0.5, 0.6) is 0 Å². The smallest absolute Gasteiger partial charge is 0.233 e. The lowest BCUT2D eigenvalue weighted by Gasteiger charge is -2.15. The molecule has 0 aliphatic heterocycles. The minimum atomic E-state index is 0.0513. The van der Waals surface area contributed by atoms with Crippen LogP contribution < -0.4 is 5.73 Å². The summed E-state index contributed by atoms with van der Waals surface area (Å²) in [5.41, 5.74) is 6.52. The van der Waals surface area contributed by atoms with Crippen LogP contribution in [0.3, 0.4) is 0 Å². The summed E-state index contributed by atoms with van der Waals surface area (Å²) in [6.07, 6.45) is 0. The van der Waals surface area contributed by atoms with Gasteiger partial charge in [0.15, 0.2) is 5.13 Å². The molecule has 0 aromatic carbocycles. The molecule has 1 amide bonds. The van der Waals surface area contributed by atoms with E-state index in [9.17, 15) is 4.79 Å². The zero-order chi connectivity index (χ0) is 14.7. The van der Waals surface area contributed by atoms with E-state index in [1.54, 1.807) is 11.9 Å². The monoisotopic (exact) mass is 311 g/mol. The van der Waals surface area contributed by atoms with E-state index in [1.165, 1.54) is 23.1 Å². The van der Waals surface area contributed by atoms with Gasteiger partial charge in [0, 0.05) is 7.05 Å². The van der Waals surface area contributed by atoms with Gasteiger partial charge in [0.25, 0.3) is 0 Å². The van der Waals surface area contributed by atoms with Crippen molar-refractivity contribution < 1.29 is 9.21 Å². The van der Waals surface area contributed by atoms with Gasteiger partial charge in [-0.05, 0) is 26.0 Å². The molecule has 0 spiro atoms. The Morgan fingerprint density at radius 1 is 1.50 bits per heavy atom. The Morgan fingerprint density at radius 2 is 2.25 bits per heavy atom. The molecule has 0 saturated carbocycles. The van der Waals surface area contributed by atoms with E-state index >= 15 is 0 Å². The number of thiazole rings is 1. The van der Waals surface area contributed by atoms with Crippen LogP contribution in [0.1, 0.15) is 17.2 Å². The molecule has 20 heavy (non-hydrogen) atoms. The first-order valence-corrected chi connectivity index (χ1v) is 7.91. The molecule has 7 heteroatoms. The number of amides is 1. The van der Waals surface area contributed by atoms with Crippen molar-refractivity contribution in [3.8, 4) is 0 Å². The van der Waals surface area contributed by atoms with Crippen LogP contribution in [0.2, 0.25) is 0 Å². The quantitative estimate of drug-likeness (QED) is 0.860. The molecule has 0 fully saturated rings. The molecule has 2 rings (SSSR count). The first kappa shape index (κ1) is 14.9. The SMILES string of the molecule is Cc1ccc(CN(C)C(=O)CSc2sc(N)nc2C)o1. The lowest BCUT2D eigenvalue weighted by molar-refractivity contribution is -0.127. The highest BCUT2D eigenvalue weighted by atomic mass is 32.2. The van der Waals surface area contributed by atoms with Crippen molar-refractivity contribution in [2.24, 2.45) is 0 Å². The topological polar surface area (TPSA) is 72.4 Å². The van der Waals surface area contributed by atoms with Crippen LogP contribution in [-0.2, 0) is 11.3 Å². The predicted molar refractivity (Wildman–Crippen MR) is 81.9 cm³/mol. The van der Waals surface area contributed by atoms with E-state index in [4.69, 9.17) is 10.2 Å². The Hall–Kier alpha value is -1.47. The zero-order valence-electron chi connectivity index (χ0n) is 11.7. The number of thioether (sulfide) groups is 1. The summed E-state index contributed by atoms with van der Waals surface area (Å²) in [7, 11) is 1.77. The highest BCUT2D eigenvalue weighted by molar-refractivity contribution is 8.01. The molecule has 2 aromatic rings. The Morgan fingerprint density at radius 3 is 2.80 bits per heavy atom. The minimum Gasteiger partial charge on any atom is -0.464 e. The van der Waals surface area contributed by atoms with E-state index in [0.717, 1.165) is 21.4 Å². The second-order valence-corrected chi connectivity index (χ2v) is 6.75. The maximum absolute atomic E-state index is 12.1. The highest BCUT2D eigenvalue weighted by Gasteiger charge is 2.14. The molecule has 0 aliphatic carbocycles. The van der Waals surface area contributed by atoms with Crippen LogP contribution in [0, 0.1) is 13.8 Å². The van der Waals surface area contributed by atoms with E-state index in [1.807, 2.05) is 26.0 Å². The standard InChI is InChI=1S/C13H17N3O2S2/c1-8-4-5-10(18-8)6-16(3)11(17)7-19-12-9(2)15-13(14)20-12/h4-5H,6-7H2,1-3H3,(H2,14,15). The third-order valence-electron chi connectivity index (χ3n) is 2.71. The van der Waals surface area contributed by atoms with E-state index < -0.39 is 0 Å². The summed E-state index contributed by atoms with van der Waals surface area (Å²) >= 11 is 2.89. The first-order valence-electron chi connectivity index (χ1n) is 6.10. The molecule has 0 bridgehead atoms. The van der Waals surface area contributed by atoms with Crippen molar-refractivity contribution in [3.05, 3.63) is 29.3 Å². The lowest BCUT2D eigenvalue weighted by atomic mass is 10.4.